The number of amides is 2. The van der Waals surface area contributed by atoms with E-state index in [1.54, 1.807) is 12.1 Å². The number of rotatable bonds is 4. The molecule has 2 aromatic carbocycles. The minimum atomic E-state index is -0.697. The van der Waals surface area contributed by atoms with Gasteiger partial charge in [0.2, 0.25) is 5.91 Å². The highest BCUT2D eigenvalue weighted by molar-refractivity contribution is 6.38. The Morgan fingerprint density at radius 3 is 2.17 bits per heavy atom. The molecule has 3 N–H and O–H groups in total. The number of hydrogen-bond donors (Lipinski definition) is 2. The molecule has 0 heterocycles. The van der Waals surface area contributed by atoms with Crippen molar-refractivity contribution >= 4 is 46.4 Å². The maximum atomic E-state index is 12.3. The Hall–Kier alpha value is -2.24. The first-order valence-corrected chi connectivity index (χ1v) is 7.42. The highest BCUT2D eigenvalue weighted by Crippen LogP contribution is 2.29. The van der Waals surface area contributed by atoms with Crippen LogP contribution in [0.2, 0.25) is 10.0 Å². The second-order valence-corrected chi connectivity index (χ2v) is 5.89. The molecule has 2 rings (SSSR count). The van der Waals surface area contributed by atoms with E-state index >= 15 is 0 Å². The fraction of sp³-hybridized carbons (Fsp3) is 0.125. The largest absolute Gasteiger partial charge is 0.378 e. The number of carbonyl (C=O) groups is 2. The van der Waals surface area contributed by atoms with E-state index in [4.69, 9.17) is 28.9 Å². The standard InChI is InChI=1S/C16H15Cl2N3O2/c1-21(2)10-5-3-9(4-6-10)16(23)20-14-7-11(15(19)22)12(17)8-13(14)18/h3-8H,1-2H3,(H2,19,22)(H,20,23). The average molecular weight is 352 g/mol. The molecule has 0 radical (unpaired) electrons. The smallest absolute Gasteiger partial charge is 0.255 e. The van der Waals surface area contributed by atoms with E-state index in [0.29, 0.717) is 5.56 Å². The van der Waals surface area contributed by atoms with Crippen LogP contribution in [0.3, 0.4) is 0 Å². The van der Waals surface area contributed by atoms with Gasteiger partial charge in [-0.15, -0.1) is 0 Å². The van der Waals surface area contributed by atoms with E-state index in [-0.39, 0.29) is 27.2 Å². The Labute approximate surface area is 144 Å². The number of anilines is 2. The number of primary amides is 1. The Balaban J connectivity index is 2.26. The lowest BCUT2D eigenvalue weighted by atomic mass is 10.1. The van der Waals surface area contributed by atoms with E-state index < -0.39 is 5.91 Å². The number of carbonyl (C=O) groups excluding carboxylic acids is 2. The van der Waals surface area contributed by atoms with Crippen molar-refractivity contribution < 1.29 is 9.59 Å². The quantitative estimate of drug-likeness (QED) is 0.885. The molecule has 0 bridgehead atoms. The van der Waals surface area contributed by atoms with Crippen molar-refractivity contribution in [2.75, 3.05) is 24.3 Å². The van der Waals surface area contributed by atoms with E-state index in [1.165, 1.54) is 12.1 Å². The van der Waals surface area contributed by atoms with Crippen molar-refractivity contribution in [2.45, 2.75) is 0 Å². The van der Waals surface area contributed by atoms with Crippen LogP contribution in [0.4, 0.5) is 11.4 Å². The fourth-order valence-electron chi connectivity index (χ4n) is 1.94. The van der Waals surface area contributed by atoms with Crippen LogP contribution in [-0.2, 0) is 0 Å². The second kappa shape index (κ2) is 6.89. The summed E-state index contributed by atoms with van der Waals surface area (Å²) in [4.78, 5) is 25.5. The molecule has 23 heavy (non-hydrogen) atoms. The number of nitrogens with two attached hydrogens (primary N) is 1. The van der Waals surface area contributed by atoms with Crippen molar-refractivity contribution in [1.82, 2.24) is 0 Å². The highest BCUT2D eigenvalue weighted by Gasteiger charge is 2.14. The summed E-state index contributed by atoms with van der Waals surface area (Å²) in [7, 11) is 3.82. The van der Waals surface area contributed by atoms with Gasteiger partial charge < -0.3 is 16.0 Å². The first-order chi connectivity index (χ1) is 10.8. The lowest BCUT2D eigenvalue weighted by Crippen LogP contribution is -2.15. The maximum absolute atomic E-state index is 12.3. The molecule has 0 unspecified atom stereocenters. The topological polar surface area (TPSA) is 75.4 Å². The molecule has 0 fully saturated rings. The molecule has 2 aromatic rings. The van der Waals surface area contributed by atoms with Crippen LogP contribution in [-0.4, -0.2) is 25.9 Å². The van der Waals surface area contributed by atoms with Gasteiger partial charge in [0, 0.05) is 25.3 Å². The van der Waals surface area contributed by atoms with Crippen LogP contribution >= 0.6 is 23.2 Å². The second-order valence-electron chi connectivity index (χ2n) is 5.07. The third-order valence-corrected chi connectivity index (χ3v) is 3.84. The zero-order chi connectivity index (χ0) is 17.1. The summed E-state index contributed by atoms with van der Waals surface area (Å²) in [5.41, 5.74) is 7.03. The molecular weight excluding hydrogens is 337 g/mol. The summed E-state index contributed by atoms with van der Waals surface area (Å²) in [6.07, 6.45) is 0. The van der Waals surface area contributed by atoms with Gasteiger partial charge in [0.15, 0.2) is 0 Å². The van der Waals surface area contributed by atoms with Crippen LogP contribution in [0, 0.1) is 0 Å². The summed E-state index contributed by atoms with van der Waals surface area (Å²) < 4.78 is 0. The molecule has 5 nitrogen and oxygen atoms in total. The summed E-state index contributed by atoms with van der Waals surface area (Å²) >= 11 is 11.9. The van der Waals surface area contributed by atoms with Gasteiger partial charge in [-0.3, -0.25) is 9.59 Å². The van der Waals surface area contributed by atoms with Crippen molar-refractivity contribution in [3.63, 3.8) is 0 Å². The third-order valence-electron chi connectivity index (χ3n) is 3.22. The molecule has 120 valence electrons. The molecule has 0 saturated carbocycles. The molecule has 0 spiro atoms. The number of halogens is 2. The lowest BCUT2D eigenvalue weighted by molar-refractivity contribution is 0.0996. The molecule has 0 aromatic heterocycles. The van der Waals surface area contributed by atoms with Crippen LogP contribution in [0.1, 0.15) is 20.7 Å². The van der Waals surface area contributed by atoms with Gasteiger partial charge in [0.25, 0.3) is 5.91 Å². The summed E-state index contributed by atoms with van der Waals surface area (Å²) in [5.74, 6) is -1.05. The Kier molecular flexibility index (Phi) is 5.13. The summed E-state index contributed by atoms with van der Waals surface area (Å²) in [5, 5.41) is 3.00. The van der Waals surface area contributed by atoms with Crippen molar-refractivity contribution in [3.8, 4) is 0 Å². The normalized spacial score (nSPS) is 10.3. The van der Waals surface area contributed by atoms with E-state index in [2.05, 4.69) is 5.32 Å². The minimum Gasteiger partial charge on any atom is -0.378 e. The maximum Gasteiger partial charge on any atom is 0.255 e. The lowest BCUT2D eigenvalue weighted by Gasteiger charge is -2.13. The molecule has 0 aliphatic heterocycles. The molecular formula is C16H15Cl2N3O2. The fourth-order valence-corrected chi connectivity index (χ4v) is 2.46. The number of nitrogens with zero attached hydrogens (tertiary/aromatic N) is 1. The van der Waals surface area contributed by atoms with Crippen LogP contribution < -0.4 is 16.0 Å². The van der Waals surface area contributed by atoms with Gasteiger partial charge in [-0.1, -0.05) is 23.2 Å². The molecule has 0 saturated heterocycles. The first kappa shape index (κ1) is 17.1. The molecule has 0 aliphatic rings. The molecule has 2 amide bonds. The van der Waals surface area contributed by atoms with E-state index in [0.717, 1.165) is 5.69 Å². The van der Waals surface area contributed by atoms with Gasteiger partial charge in [0.1, 0.15) is 0 Å². The monoisotopic (exact) mass is 351 g/mol. The van der Waals surface area contributed by atoms with Crippen LogP contribution in [0.15, 0.2) is 36.4 Å². The minimum absolute atomic E-state index is 0.0920. The summed E-state index contributed by atoms with van der Waals surface area (Å²) in [6.45, 7) is 0. The van der Waals surface area contributed by atoms with Crippen molar-refractivity contribution in [1.29, 1.82) is 0 Å². The number of benzene rings is 2. The third kappa shape index (κ3) is 3.94. The zero-order valence-electron chi connectivity index (χ0n) is 12.6. The Bertz CT molecular complexity index is 759. The Morgan fingerprint density at radius 2 is 1.65 bits per heavy atom. The van der Waals surface area contributed by atoms with Gasteiger partial charge >= 0.3 is 0 Å². The number of nitrogens with one attached hydrogen (secondary N) is 1. The van der Waals surface area contributed by atoms with Crippen LogP contribution in [0.5, 0.6) is 0 Å². The molecule has 0 aliphatic carbocycles. The van der Waals surface area contributed by atoms with Gasteiger partial charge in [0.05, 0.1) is 21.3 Å². The van der Waals surface area contributed by atoms with Gasteiger partial charge in [-0.2, -0.15) is 0 Å². The van der Waals surface area contributed by atoms with Crippen LogP contribution in [0.25, 0.3) is 0 Å². The number of hydrogen-bond acceptors (Lipinski definition) is 3. The zero-order valence-corrected chi connectivity index (χ0v) is 14.1. The SMILES string of the molecule is CN(C)c1ccc(C(=O)Nc2cc(C(N)=O)c(Cl)cc2Cl)cc1. The van der Waals surface area contributed by atoms with Gasteiger partial charge in [-0.25, -0.2) is 0 Å². The van der Waals surface area contributed by atoms with Gasteiger partial charge in [-0.05, 0) is 36.4 Å². The summed E-state index contributed by atoms with van der Waals surface area (Å²) in [6, 6.07) is 9.78. The van der Waals surface area contributed by atoms with Crippen molar-refractivity contribution in [2.24, 2.45) is 5.73 Å². The molecule has 0 atom stereocenters. The highest BCUT2D eigenvalue weighted by atomic mass is 35.5. The predicted molar refractivity (Wildman–Crippen MR) is 93.7 cm³/mol. The van der Waals surface area contributed by atoms with E-state index in [1.807, 2.05) is 31.1 Å². The van der Waals surface area contributed by atoms with Crippen molar-refractivity contribution in [3.05, 3.63) is 57.6 Å². The first-order valence-electron chi connectivity index (χ1n) is 6.67. The average Bonchev–Trinajstić information content (AvgIpc) is 2.49. The molecule has 7 heteroatoms. The predicted octanol–water partition coefficient (Wildman–Crippen LogP) is 3.41. The Morgan fingerprint density at radius 1 is 1.04 bits per heavy atom. The van der Waals surface area contributed by atoms with E-state index in [9.17, 15) is 9.59 Å².